The van der Waals surface area contributed by atoms with Crippen LogP contribution in [0.25, 0.3) is 0 Å². The Kier molecular flexibility index (Phi) is 5.25. The van der Waals surface area contributed by atoms with Gasteiger partial charge < -0.3 is 15.4 Å². The fourth-order valence-electron chi connectivity index (χ4n) is 2.76. The van der Waals surface area contributed by atoms with Crippen molar-refractivity contribution in [2.45, 2.75) is 31.9 Å². The number of hydrogen-bond donors (Lipinski definition) is 2. The van der Waals surface area contributed by atoms with Crippen LogP contribution in [-0.4, -0.2) is 30.2 Å². The molecule has 0 saturated carbocycles. The third-order valence-corrected chi connectivity index (χ3v) is 4.69. The Morgan fingerprint density at radius 2 is 2.22 bits per heavy atom. The molecule has 0 spiro atoms. The number of urea groups is 1. The lowest BCUT2D eigenvalue weighted by molar-refractivity contribution is 0.0999. The number of aryl methyl sites for hydroxylation is 1. The minimum atomic E-state index is -0.145. The minimum Gasteiger partial charge on any atom is -0.371 e. The molecule has 23 heavy (non-hydrogen) atoms. The molecule has 0 bridgehead atoms. The van der Waals surface area contributed by atoms with E-state index in [1.54, 1.807) is 11.3 Å². The van der Waals surface area contributed by atoms with Gasteiger partial charge in [-0.05, 0) is 18.9 Å². The van der Waals surface area contributed by atoms with Crippen LogP contribution < -0.4 is 10.6 Å². The lowest BCUT2D eigenvalue weighted by Gasteiger charge is -2.20. The number of benzene rings is 1. The molecule has 6 heteroatoms. The van der Waals surface area contributed by atoms with Crippen molar-refractivity contribution in [3.63, 3.8) is 0 Å². The van der Waals surface area contributed by atoms with Crippen LogP contribution in [-0.2, 0) is 11.2 Å². The molecule has 2 heterocycles. The fourth-order valence-corrected chi connectivity index (χ4v) is 3.40. The van der Waals surface area contributed by atoms with Gasteiger partial charge in [0.2, 0.25) is 0 Å². The van der Waals surface area contributed by atoms with Crippen molar-refractivity contribution in [2.24, 2.45) is 0 Å². The first-order valence-electron chi connectivity index (χ1n) is 7.84. The summed E-state index contributed by atoms with van der Waals surface area (Å²) in [5.74, 6) is 0. The average Bonchev–Trinajstić information content (AvgIpc) is 3.17. The molecule has 1 aliphatic heterocycles. The lowest BCUT2D eigenvalue weighted by atomic mass is 10.0. The quantitative estimate of drug-likeness (QED) is 0.885. The number of amides is 2. The van der Waals surface area contributed by atoms with Crippen LogP contribution in [0, 0.1) is 6.92 Å². The van der Waals surface area contributed by atoms with Crippen LogP contribution in [0.15, 0.2) is 35.7 Å². The summed E-state index contributed by atoms with van der Waals surface area (Å²) in [6.07, 6.45) is 1.52. The van der Waals surface area contributed by atoms with Crippen molar-refractivity contribution in [3.05, 3.63) is 52.0 Å². The number of rotatable bonds is 5. The van der Waals surface area contributed by atoms with Gasteiger partial charge in [0.05, 0.1) is 16.7 Å². The van der Waals surface area contributed by atoms with Gasteiger partial charge in [0.25, 0.3) is 0 Å². The average molecular weight is 331 g/mol. The second-order valence-electron chi connectivity index (χ2n) is 5.61. The number of hydrogen-bond acceptors (Lipinski definition) is 4. The van der Waals surface area contributed by atoms with E-state index in [9.17, 15) is 4.79 Å². The molecule has 1 aromatic heterocycles. The van der Waals surface area contributed by atoms with Crippen LogP contribution in [0.4, 0.5) is 4.79 Å². The van der Waals surface area contributed by atoms with Gasteiger partial charge in [-0.15, -0.1) is 11.3 Å². The van der Waals surface area contributed by atoms with E-state index in [1.807, 2.05) is 42.6 Å². The van der Waals surface area contributed by atoms with Crippen molar-refractivity contribution in [1.82, 2.24) is 15.6 Å². The maximum absolute atomic E-state index is 12.1. The van der Waals surface area contributed by atoms with Gasteiger partial charge in [-0.1, -0.05) is 30.3 Å². The maximum Gasteiger partial charge on any atom is 0.315 e. The number of thiazole rings is 1. The predicted octanol–water partition coefficient (Wildman–Crippen LogP) is 2.82. The van der Waals surface area contributed by atoms with Gasteiger partial charge in [-0.2, -0.15) is 0 Å². The highest BCUT2D eigenvalue weighted by Crippen LogP contribution is 2.28. The zero-order valence-corrected chi connectivity index (χ0v) is 13.9. The molecule has 2 atom stereocenters. The summed E-state index contributed by atoms with van der Waals surface area (Å²) < 4.78 is 5.78. The van der Waals surface area contributed by atoms with Gasteiger partial charge >= 0.3 is 6.03 Å². The Labute approximate surface area is 140 Å². The molecule has 0 radical (unpaired) electrons. The summed E-state index contributed by atoms with van der Waals surface area (Å²) in [5, 5.41) is 9.01. The fraction of sp³-hybridized carbons (Fsp3) is 0.412. The second kappa shape index (κ2) is 7.57. The number of carbonyl (C=O) groups is 1. The van der Waals surface area contributed by atoms with E-state index in [2.05, 4.69) is 15.6 Å². The molecule has 2 N–H and O–H groups in total. The van der Waals surface area contributed by atoms with Crippen LogP contribution in [0.2, 0.25) is 0 Å². The monoisotopic (exact) mass is 331 g/mol. The van der Waals surface area contributed by atoms with E-state index < -0.39 is 0 Å². The summed E-state index contributed by atoms with van der Waals surface area (Å²) in [6.45, 7) is 3.24. The Bertz CT molecular complexity index is 644. The van der Waals surface area contributed by atoms with Crippen LogP contribution >= 0.6 is 11.3 Å². The smallest absolute Gasteiger partial charge is 0.315 e. The zero-order chi connectivity index (χ0) is 16.1. The number of nitrogens with zero attached hydrogens (tertiary/aromatic N) is 1. The normalized spacial score (nSPS) is 20.4. The van der Waals surface area contributed by atoms with Crippen LogP contribution in [0.5, 0.6) is 0 Å². The molecule has 2 amide bonds. The molecule has 0 aliphatic carbocycles. The van der Waals surface area contributed by atoms with E-state index in [0.717, 1.165) is 29.1 Å². The third-order valence-electron chi connectivity index (χ3n) is 3.87. The summed E-state index contributed by atoms with van der Waals surface area (Å²) in [5.41, 5.74) is 2.13. The first kappa shape index (κ1) is 16.0. The van der Waals surface area contributed by atoms with Crippen LogP contribution in [0.3, 0.4) is 0 Å². The van der Waals surface area contributed by atoms with Crippen molar-refractivity contribution >= 4 is 17.4 Å². The third kappa shape index (κ3) is 4.30. The second-order valence-corrected chi connectivity index (χ2v) is 6.67. The molecule has 122 valence electrons. The molecule has 0 unspecified atom stereocenters. The Morgan fingerprint density at radius 1 is 1.39 bits per heavy atom. The highest BCUT2D eigenvalue weighted by atomic mass is 32.1. The van der Waals surface area contributed by atoms with Gasteiger partial charge in [0.15, 0.2) is 0 Å². The molecular formula is C17H21N3O2S. The molecule has 1 fully saturated rings. The molecule has 1 aliphatic rings. The summed E-state index contributed by atoms with van der Waals surface area (Å²) >= 11 is 1.63. The molecular weight excluding hydrogens is 310 g/mol. The Balaban J connectivity index is 1.47. The SMILES string of the molecule is Cc1nc(CCNC(=O)N[C@H]2CCO[C@@H]2c2ccccc2)cs1. The number of carbonyl (C=O) groups excluding carboxylic acids is 1. The summed E-state index contributed by atoms with van der Waals surface area (Å²) in [7, 11) is 0. The van der Waals surface area contributed by atoms with E-state index in [4.69, 9.17) is 4.74 Å². The van der Waals surface area contributed by atoms with Crippen LogP contribution in [0.1, 0.15) is 28.8 Å². The van der Waals surface area contributed by atoms with Crippen molar-refractivity contribution in [2.75, 3.05) is 13.2 Å². The maximum atomic E-state index is 12.1. The summed E-state index contributed by atoms with van der Waals surface area (Å²) in [6, 6.07) is 9.90. The van der Waals surface area contributed by atoms with Crippen molar-refractivity contribution in [3.8, 4) is 0 Å². The predicted molar refractivity (Wildman–Crippen MR) is 90.6 cm³/mol. The van der Waals surface area contributed by atoms with Gasteiger partial charge in [-0.3, -0.25) is 0 Å². The molecule has 1 saturated heterocycles. The Morgan fingerprint density at radius 3 is 2.96 bits per heavy atom. The molecule has 5 nitrogen and oxygen atoms in total. The highest BCUT2D eigenvalue weighted by molar-refractivity contribution is 7.09. The number of nitrogens with one attached hydrogen (secondary N) is 2. The van der Waals surface area contributed by atoms with Gasteiger partial charge in [0, 0.05) is 25.0 Å². The first-order chi connectivity index (χ1) is 11.2. The van der Waals surface area contributed by atoms with E-state index >= 15 is 0 Å². The largest absolute Gasteiger partial charge is 0.371 e. The van der Waals surface area contributed by atoms with E-state index in [1.165, 1.54) is 0 Å². The topological polar surface area (TPSA) is 63.2 Å². The number of ether oxygens (including phenoxy) is 1. The summed E-state index contributed by atoms with van der Waals surface area (Å²) in [4.78, 5) is 16.5. The molecule has 1 aromatic carbocycles. The lowest BCUT2D eigenvalue weighted by Crippen LogP contribution is -2.43. The number of aromatic nitrogens is 1. The highest BCUT2D eigenvalue weighted by Gasteiger charge is 2.30. The molecule has 2 aromatic rings. The van der Waals surface area contributed by atoms with Crippen molar-refractivity contribution < 1.29 is 9.53 Å². The standard InChI is InChI=1S/C17H21N3O2S/c1-12-19-14(11-23-12)7-9-18-17(21)20-15-8-10-22-16(15)13-5-3-2-4-6-13/h2-6,11,15-16H,7-10H2,1H3,(H2,18,20,21)/t15-,16+/m0/s1. The zero-order valence-electron chi connectivity index (χ0n) is 13.1. The molecule has 3 rings (SSSR count). The first-order valence-corrected chi connectivity index (χ1v) is 8.72. The van der Waals surface area contributed by atoms with Crippen molar-refractivity contribution in [1.29, 1.82) is 0 Å². The van der Waals surface area contributed by atoms with Gasteiger partial charge in [-0.25, -0.2) is 9.78 Å². The van der Waals surface area contributed by atoms with E-state index in [-0.39, 0.29) is 18.2 Å². The van der Waals surface area contributed by atoms with Gasteiger partial charge in [0.1, 0.15) is 6.10 Å². The minimum absolute atomic E-state index is 0.0129. The Hall–Kier alpha value is -1.92. The van der Waals surface area contributed by atoms with E-state index in [0.29, 0.717) is 13.2 Å².